The molecule has 0 bridgehead atoms. The van der Waals surface area contributed by atoms with E-state index in [1.165, 1.54) is 5.56 Å². The molecule has 0 saturated heterocycles. The Labute approximate surface area is 134 Å². The van der Waals surface area contributed by atoms with Gasteiger partial charge >= 0.3 is 11.8 Å². The number of carbonyl (C=O) groups excluding carboxylic acids is 2. The van der Waals surface area contributed by atoms with Crippen molar-refractivity contribution in [2.45, 2.75) is 12.8 Å². The number of rotatable bonds is 5. The second-order valence-electron chi connectivity index (χ2n) is 4.81. The van der Waals surface area contributed by atoms with Crippen molar-refractivity contribution >= 4 is 29.1 Å². The second-order valence-corrected chi connectivity index (χ2v) is 5.24. The van der Waals surface area contributed by atoms with Gasteiger partial charge in [0.25, 0.3) is 0 Å². The van der Waals surface area contributed by atoms with Crippen molar-refractivity contribution in [3.8, 4) is 0 Å². The summed E-state index contributed by atoms with van der Waals surface area (Å²) in [5.74, 6) is -1.31. The molecule has 0 radical (unpaired) electrons. The summed E-state index contributed by atoms with van der Waals surface area (Å²) >= 11 is 5.75. The smallest absolute Gasteiger partial charge is 0.313 e. The van der Waals surface area contributed by atoms with Gasteiger partial charge in [-0.05, 0) is 42.7 Å². The van der Waals surface area contributed by atoms with Crippen LogP contribution in [0.2, 0.25) is 5.02 Å². The molecule has 2 amide bonds. The lowest BCUT2D eigenvalue weighted by Gasteiger charge is -2.06. The van der Waals surface area contributed by atoms with Crippen molar-refractivity contribution in [1.82, 2.24) is 5.32 Å². The first-order valence-electron chi connectivity index (χ1n) is 7.04. The third-order valence-corrected chi connectivity index (χ3v) is 3.33. The molecule has 5 heteroatoms. The first kappa shape index (κ1) is 16.0. The molecule has 0 aromatic heterocycles. The Bertz CT molecular complexity index is 627. The first-order valence-corrected chi connectivity index (χ1v) is 7.41. The SMILES string of the molecule is O=C(NCCCc1ccccc1)C(=O)Nc1ccc(Cl)cc1. The summed E-state index contributed by atoms with van der Waals surface area (Å²) in [5.41, 5.74) is 1.75. The summed E-state index contributed by atoms with van der Waals surface area (Å²) in [7, 11) is 0. The third-order valence-electron chi connectivity index (χ3n) is 3.08. The van der Waals surface area contributed by atoms with Crippen LogP contribution < -0.4 is 10.6 Å². The number of carbonyl (C=O) groups is 2. The van der Waals surface area contributed by atoms with E-state index in [-0.39, 0.29) is 0 Å². The van der Waals surface area contributed by atoms with Crippen molar-refractivity contribution in [1.29, 1.82) is 0 Å². The Hall–Kier alpha value is -2.33. The zero-order valence-electron chi connectivity index (χ0n) is 12.0. The van der Waals surface area contributed by atoms with E-state index in [9.17, 15) is 9.59 Å². The van der Waals surface area contributed by atoms with Gasteiger partial charge in [-0.1, -0.05) is 41.9 Å². The van der Waals surface area contributed by atoms with Crippen LogP contribution in [0.1, 0.15) is 12.0 Å². The number of halogens is 1. The molecule has 0 aliphatic rings. The van der Waals surface area contributed by atoms with E-state index in [2.05, 4.69) is 10.6 Å². The van der Waals surface area contributed by atoms with Crippen LogP contribution in [-0.2, 0) is 16.0 Å². The van der Waals surface area contributed by atoms with Gasteiger partial charge in [-0.3, -0.25) is 9.59 Å². The molecule has 0 heterocycles. The van der Waals surface area contributed by atoms with Gasteiger partial charge in [-0.15, -0.1) is 0 Å². The van der Waals surface area contributed by atoms with E-state index in [4.69, 9.17) is 11.6 Å². The fraction of sp³-hybridized carbons (Fsp3) is 0.176. The third kappa shape index (κ3) is 5.22. The monoisotopic (exact) mass is 316 g/mol. The van der Waals surface area contributed by atoms with Crippen LogP contribution in [0.25, 0.3) is 0 Å². The lowest BCUT2D eigenvalue weighted by Crippen LogP contribution is -2.36. The molecule has 2 N–H and O–H groups in total. The average molecular weight is 317 g/mol. The van der Waals surface area contributed by atoms with Gasteiger partial charge in [0.05, 0.1) is 0 Å². The fourth-order valence-electron chi connectivity index (χ4n) is 1.94. The molecule has 0 atom stereocenters. The summed E-state index contributed by atoms with van der Waals surface area (Å²) in [6.45, 7) is 0.460. The van der Waals surface area contributed by atoms with Gasteiger partial charge in [0.15, 0.2) is 0 Å². The Morgan fingerprint density at radius 1 is 0.909 bits per heavy atom. The Balaban J connectivity index is 1.70. The molecular weight excluding hydrogens is 300 g/mol. The number of anilines is 1. The highest BCUT2D eigenvalue weighted by atomic mass is 35.5. The maximum absolute atomic E-state index is 11.7. The van der Waals surface area contributed by atoms with Crippen LogP contribution in [0, 0.1) is 0 Å². The van der Waals surface area contributed by atoms with Gasteiger partial charge in [0.1, 0.15) is 0 Å². The molecule has 114 valence electrons. The molecule has 22 heavy (non-hydrogen) atoms. The summed E-state index contributed by atoms with van der Waals surface area (Å²) in [6, 6.07) is 16.6. The van der Waals surface area contributed by atoms with E-state index < -0.39 is 11.8 Å². The van der Waals surface area contributed by atoms with E-state index in [0.717, 1.165) is 12.8 Å². The predicted molar refractivity (Wildman–Crippen MR) is 87.9 cm³/mol. The lowest BCUT2D eigenvalue weighted by molar-refractivity contribution is -0.136. The maximum atomic E-state index is 11.7. The Morgan fingerprint density at radius 2 is 1.59 bits per heavy atom. The summed E-state index contributed by atoms with van der Waals surface area (Å²) in [4.78, 5) is 23.4. The van der Waals surface area contributed by atoms with Crippen molar-refractivity contribution in [2.24, 2.45) is 0 Å². The van der Waals surface area contributed by atoms with E-state index >= 15 is 0 Å². The summed E-state index contributed by atoms with van der Waals surface area (Å²) in [5, 5.41) is 5.70. The fourth-order valence-corrected chi connectivity index (χ4v) is 2.07. The maximum Gasteiger partial charge on any atom is 0.313 e. The summed E-state index contributed by atoms with van der Waals surface area (Å²) < 4.78 is 0. The lowest BCUT2D eigenvalue weighted by atomic mass is 10.1. The van der Waals surface area contributed by atoms with Crippen molar-refractivity contribution < 1.29 is 9.59 Å². The van der Waals surface area contributed by atoms with Gasteiger partial charge in [-0.25, -0.2) is 0 Å². The molecule has 0 fully saturated rings. The number of hydrogen-bond acceptors (Lipinski definition) is 2. The van der Waals surface area contributed by atoms with E-state index in [1.54, 1.807) is 24.3 Å². The van der Waals surface area contributed by atoms with E-state index in [0.29, 0.717) is 17.3 Å². The zero-order chi connectivity index (χ0) is 15.8. The van der Waals surface area contributed by atoms with Crippen molar-refractivity contribution in [3.63, 3.8) is 0 Å². The van der Waals surface area contributed by atoms with Gasteiger partial charge in [0.2, 0.25) is 0 Å². The highest BCUT2D eigenvalue weighted by molar-refractivity contribution is 6.39. The van der Waals surface area contributed by atoms with Crippen molar-refractivity contribution in [3.05, 3.63) is 65.2 Å². The largest absolute Gasteiger partial charge is 0.348 e. The minimum absolute atomic E-state index is 0.460. The molecule has 0 spiro atoms. The van der Waals surface area contributed by atoms with Crippen LogP contribution in [-0.4, -0.2) is 18.4 Å². The minimum Gasteiger partial charge on any atom is -0.348 e. The normalized spacial score (nSPS) is 10.0. The molecule has 0 aliphatic heterocycles. The molecule has 2 aromatic rings. The molecule has 2 aromatic carbocycles. The van der Waals surface area contributed by atoms with Crippen LogP contribution in [0.4, 0.5) is 5.69 Å². The topological polar surface area (TPSA) is 58.2 Å². The molecule has 4 nitrogen and oxygen atoms in total. The van der Waals surface area contributed by atoms with Crippen LogP contribution in [0.3, 0.4) is 0 Å². The summed E-state index contributed by atoms with van der Waals surface area (Å²) in [6.07, 6.45) is 1.64. The quantitative estimate of drug-likeness (QED) is 0.658. The number of hydrogen-bond donors (Lipinski definition) is 2. The molecule has 0 unspecified atom stereocenters. The standard InChI is InChI=1S/C17H17ClN2O2/c18-14-8-10-15(11-9-14)20-17(22)16(21)19-12-4-7-13-5-2-1-3-6-13/h1-3,5-6,8-11H,4,7,12H2,(H,19,21)(H,20,22). The van der Waals surface area contributed by atoms with Crippen LogP contribution in [0.15, 0.2) is 54.6 Å². The number of benzene rings is 2. The van der Waals surface area contributed by atoms with E-state index in [1.807, 2.05) is 30.3 Å². The number of amides is 2. The zero-order valence-corrected chi connectivity index (χ0v) is 12.8. The molecular formula is C17H17ClN2O2. The van der Waals surface area contributed by atoms with Crippen molar-refractivity contribution in [2.75, 3.05) is 11.9 Å². The van der Waals surface area contributed by atoms with Gasteiger partial charge < -0.3 is 10.6 Å². The number of nitrogens with one attached hydrogen (secondary N) is 2. The predicted octanol–water partition coefficient (Wildman–Crippen LogP) is 3.03. The van der Waals surface area contributed by atoms with Gasteiger partial charge in [0, 0.05) is 17.3 Å². The first-order chi connectivity index (χ1) is 10.6. The van der Waals surface area contributed by atoms with Crippen LogP contribution in [0.5, 0.6) is 0 Å². The molecule has 2 rings (SSSR count). The molecule has 0 saturated carbocycles. The second kappa shape index (κ2) is 8.20. The highest BCUT2D eigenvalue weighted by Gasteiger charge is 2.12. The average Bonchev–Trinajstić information content (AvgIpc) is 2.54. The number of aryl methyl sites for hydroxylation is 1. The molecule has 0 aliphatic carbocycles. The van der Waals surface area contributed by atoms with Crippen LogP contribution >= 0.6 is 11.6 Å². The Morgan fingerprint density at radius 3 is 2.27 bits per heavy atom. The van der Waals surface area contributed by atoms with Gasteiger partial charge in [-0.2, -0.15) is 0 Å². The minimum atomic E-state index is -0.679. The highest BCUT2D eigenvalue weighted by Crippen LogP contribution is 2.13. The Kier molecular flexibility index (Phi) is 5.98.